The molecule has 2 N–H and O–H groups in total. The molecule has 5 nitrogen and oxygen atoms in total. The Labute approximate surface area is 177 Å². The average molecular weight is 489 g/mol. The van der Waals surface area contributed by atoms with Gasteiger partial charge in [0.05, 0.1) is 20.8 Å². The number of rotatable bonds is 8. The molecular weight excluding hydrogens is 461 g/mol. The molecule has 144 valence electrons. The Kier molecular flexibility index (Phi) is 10.4. The highest BCUT2D eigenvalue weighted by Gasteiger charge is 2.08. The van der Waals surface area contributed by atoms with Gasteiger partial charge in [0.2, 0.25) is 0 Å². The van der Waals surface area contributed by atoms with Crippen LogP contribution in [0, 0.1) is 0 Å². The second-order valence-electron chi connectivity index (χ2n) is 5.71. The lowest BCUT2D eigenvalue weighted by Crippen LogP contribution is -2.39. The van der Waals surface area contributed by atoms with Crippen LogP contribution in [-0.2, 0) is 6.54 Å². The summed E-state index contributed by atoms with van der Waals surface area (Å²) in [7, 11) is 3.31. The Hall–Kier alpha value is -1.48. The molecule has 1 aromatic heterocycles. The van der Waals surface area contributed by atoms with Crippen LogP contribution < -0.4 is 20.1 Å². The maximum absolute atomic E-state index is 5.44. The van der Waals surface area contributed by atoms with Gasteiger partial charge in [0.15, 0.2) is 5.96 Å². The van der Waals surface area contributed by atoms with Crippen molar-refractivity contribution in [3.05, 3.63) is 46.2 Å². The van der Waals surface area contributed by atoms with Crippen molar-refractivity contribution in [2.75, 3.05) is 27.3 Å². The van der Waals surface area contributed by atoms with Gasteiger partial charge < -0.3 is 20.1 Å². The van der Waals surface area contributed by atoms with Gasteiger partial charge in [0, 0.05) is 24.7 Å². The van der Waals surface area contributed by atoms with Crippen molar-refractivity contribution in [3.63, 3.8) is 0 Å². The third-order valence-corrected chi connectivity index (χ3v) is 4.64. The molecule has 0 aliphatic rings. The zero-order valence-electron chi connectivity index (χ0n) is 15.7. The summed E-state index contributed by atoms with van der Waals surface area (Å²) in [4.78, 5) is 4.68. The number of halogens is 1. The van der Waals surface area contributed by atoms with Crippen molar-refractivity contribution in [2.24, 2.45) is 4.99 Å². The maximum atomic E-state index is 5.44. The van der Waals surface area contributed by atoms with Crippen LogP contribution in [0.1, 0.15) is 30.9 Å². The van der Waals surface area contributed by atoms with E-state index >= 15 is 0 Å². The van der Waals surface area contributed by atoms with E-state index in [9.17, 15) is 0 Å². The number of nitrogens with zero attached hydrogens (tertiary/aromatic N) is 1. The first-order valence-electron chi connectivity index (χ1n) is 8.43. The summed E-state index contributed by atoms with van der Waals surface area (Å²) in [5.74, 6) is 2.80. The van der Waals surface area contributed by atoms with E-state index in [4.69, 9.17) is 9.47 Å². The molecule has 0 aliphatic heterocycles. The normalized spacial score (nSPS) is 12.1. The third-order valence-electron chi connectivity index (χ3n) is 3.93. The largest absolute Gasteiger partial charge is 0.497 e. The lowest BCUT2D eigenvalue weighted by atomic mass is 10.1. The minimum atomic E-state index is 0. The maximum Gasteiger partial charge on any atom is 0.191 e. The first-order chi connectivity index (χ1) is 12.2. The Bertz CT molecular complexity index is 677. The molecule has 0 fully saturated rings. The zero-order chi connectivity index (χ0) is 18.1. The molecule has 0 radical (unpaired) electrons. The van der Waals surface area contributed by atoms with Crippen molar-refractivity contribution >= 4 is 41.3 Å². The van der Waals surface area contributed by atoms with Gasteiger partial charge in [-0.05, 0) is 47.4 Å². The Morgan fingerprint density at radius 3 is 2.62 bits per heavy atom. The van der Waals surface area contributed by atoms with Crippen LogP contribution in [0.2, 0.25) is 0 Å². The lowest BCUT2D eigenvalue weighted by molar-refractivity contribution is 0.391. The molecule has 1 aromatic carbocycles. The Morgan fingerprint density at radius 1 is 1.19 bits per heavy atom. The van der Waals surface area contributed by atoms with Crippen LogP contribution >= 0.6 is 35.3 Å². The highest BCUT2D eigenvalue weighted by molar-refractivity contribution is 14.0. The Morgan fingerprint density at radius 2 is 2.00 bits per heavy atom. The number of hydrogen-bond donors (Lipinski definition) is 2. The van der Waals surface area contributed by atoms with Gasteiger partial charge in [0.25, 0.3) is 0 Å². The van der Waals surface area contributed by atoms with Gasteiger partial charge in [-0.2, -0.15) is 11.3 Å². The van der Waals surface area contributed by atoms with E-state index < -0.39 is 0 Å². The van der Waals surface area contributed by atoms with Gasteiger partial charge in [-0.3, -0.25) is 0 Å². The second kappa shape index (κ2) is 12.0. The predicted octanol–water partition coefficient (Wildman–Crippen LogP) is 4.24. The first kappa shape index (κ1) is 22.6. The number of benzene rings is 1. The number of methoxy groups -OCH3 is 2. The minimum Gasteiger partial charge on any atom is -0.497 e. The summed E-state index contributed by atoms with van der Waals surface area (Å²) in [5.41, 5.74) is 2.37. The predicted molar refractivity (Wildman–Crippen MR) is 121 cm³/mol. The molecule has 0 saturated carbocycles. The summed E-state index contributed by atoms with van der Waals surface area (Å²) in [6.07, 6.45) is 0. The standard InChI is InChI=1S/C19H27N3O2S.HI/c1-5-20-19(21-11-14(2)16-8-9-25-13-16)22-12-15-6-7-17(23-3)10-18(15)24-4;/h6-10,13-14H,5,11-12H2,1-4H3,(H2,20,21,22);1H. The molecule has 0 spiro atoms. The number of nitrogens with one attached hydrogen (secondary N) is 2. The summed E-state index contributed by atoms with van der Waals surface area (Å²) in [5, 5.41) is 11.0. The van der Waals surface area contributed by atoms with Crippen molar-refractivity contribution in [2.45, 2.75) is 26.3 Å². The molecule has 1 atom stereocenters. The molecule has 1 unspecified atom stereocenters. The van der Waals surface area contributed by atoms with Crippen LogP contribution in [0.25, 0.3) is 0 Å². The molecule has 0 bridgehead atoms. The van der Waals surface area contributed by atoms with Gasteiger partial charge in [-0.25, -0.2) is 4.99 Å². The number of thiophene rings is 1. The fourth-order valence-corrected chi connectivity index (χ4v) is 3.19. The smallest absolute Gasteiger partial charge is 0.191 e. The van der Waals surface area contributed by atoms with E-state index in [-0.39, 0.29) is 24.0 Å². The SMILES string of the molecule is CCNC(=NCc1ccc(OC)cc1OC)NCC(C)c1ccsc1.I. The quantitative estimate of drug-likeness (QED) is 0.331. The van der Waals surface area contributed by atoms with Crippen LogP contribution in [0.15, 0.2) is 40.0 Å². The number of aliphatic imine (C=N–C) groups is 1. The van der Waals surface area contributed by atoms with Crippen LogP contribution in [0.4, 0.5) is 0 Å². The fraction of sp³-hybridized carbons (Fsp3) is 0.421. The number of hydrogen-bond acceptors (Lipinski definition) is 4. The lowest BCUT2D eigenvalue weighted by Gasteiger charge is -2.15. The number of guanidine groups is 1. The molecule has 1 heterocycles. The van der Waals surface area contributed by atoms with Crippen molar-refractivity contribution in [1.82, 2.24) is 10.6 Å². The molecule has 2 aromatic rings. The van der Waals surface area contributed by atoms with E-state index in [1.807, 2.05) is 18.2 Å². The molecule has 7 heteroatoms. The second-order valence-corrected chi connectivity index (χ2v) is 6.49. The molecular formula is C19H28IN3O2S. The minimum absolute atomic E-state index is 0. The van der Waals surface area contributed by atoms with Crippen LogP contribution in [0.3, 0.4) is 0 Å². The molecule has 2 rings (SSSR count). The van der Waals surface area contributed by atoms with E-state index in [1.165, 1.54) is 5.56 Å². The van der Waals surface area contributed by atoms with Gasteiger partial charge >= 0.3 is 0 Å². The van der Waals surface area contributed by atoms with Crippen LogP contribution in [0.5, 0.6) is 11.5 Å². The summed E-state index contributed by atoms with van der Waals surface area (Å²) < 4.78 is 10.7. The topological polar surface area (TPSA) is 54.9 Å². The molecule has 0 saturated heterocycles. The van der Waals surface area contributed by atoms with Gasteiger partial charge in [-0.1, -0.05) is 6.92 Å². The summed E-state index contributed by atoms with van der Waals surface area (Å²) in [6, 6.07) is 7.96. The van der Waals surface area contributed by atoms with E-state index in [0.29, 0.717) is 12.5 Å². The van der Waals surface area contributed by atoms with Crippen LogP contribution in [-0.4, -0.2) is 33.3 Å². The summed E-state index contributed by atoms with van der Waals surface area (Å²) >= 11 is 1.73. The van der Waals surface area contributed by atoms with Crippen molar-refractivity contribution in [3.8, 4) is 11.5 Å². The van der Waals surface area contributed by atoms with Gasteiger partial charge in [0.1, 0.15) is 11.5 Å². The number of ether oxygens (including phenoxy) is 2. The van der Waals surface area contributed by atoms with Crippen molar-refractivity contribution in [1.29, 1.82) is 0 Å². The third kappa shape index (κ3) is 6.68. The monoisotopic (exact) mass is 489 g/mol. The average Bonchev–Trinajstić information content (AvgIpc) is 3.18. The highest BCUT2D eigenvalue weighted by atomic mass is 127. The van der Waals surface area contributed by atoms with E-state index in [0.717, 1.165) is 36.1 Å². The highest BCUT2D eigenvalue weighted by Crippen LogP contribution is 2.25. The molecule has 0 aliphatic carbocycles. The van der Waals surface area contributed by atoms with E-state index in [1.54, 1.807) is 25.6 Å². The molecule has 0 amide bonds. The van der Waals surface area contributed by atoms with Gasteiger partial charge in [-0.15, -0.1) is 24.0 Å². The van der Waals surface area contributed by atoms with Crippen molar-refractivity contribution < 1.29 is 9.47 Å². The summed E-state index contributed by atoms with van der Waals surface area (Å²) in [6.45, 7) is 6.47. The van der Waals surface area contributed by atoms with E-state index in [2.05, 4.69) is 46.3 Å². The fourth-order valence-electron chi connectivity index (χ4n) is 2.41. The Balaban J connectivity index is 0.00000338. The zero-order valence-corrected chi connectivity index (χ0v) is 18.9. The first-order valence-corrected chi connectivity index (χ1v) is 9.37. The molecule has 26 heavy (non-hydrogen) atoms.